The third kappa shape index (κ3) is 5.51. The number of hydrogen-bond donors (Lipinski definition) is 1. The van der Waals surface area contributed by atoms with Crippen molar-refractivity contribution in [3.8, 4) is 5.75 Å². The van der Waals surface area contributed by atoms with Crippen LogP contribution in [-0.4, -0.2) is 31.4 Å². The molecule has 3 aromatic rings. The van der Waals surface area contributed by atoms with Crippen LogP contribution in [0.15, 0.2) is 41.7 Å². The fourth-order valence-electron chi connectivity index (χ4n) is 2.09. The molecule has 0 saturated carbocycles. The van der Waals surface area contributed by atoms with E-state index < -0.39 is 0 Å². The van der Waals surface area contributed by atoms with Crippen LogP contribution in [0.5, 0.6) is 5.75 Å². The quantitative estimate of drug-likeness (QED) is 0.526. The molecule has 0 fully saturated rings. The van der Waals surface area contributed by atoms with Gasteiger partial charge in [0.05, 0.1) is 15.8 Å². The first-order chi connectivity index (χ1) is 13.4. The highest BCUT2D eigenvalue weighted by Crippen LogP contribution is 2.28. The number of benzene rings is 1. The Kier molecular flexibility index (Phi) is 7.01. The van der Waals surface area contributed by atoms with Gasteiger partial charge in [0.25, 0.3) is 0 Å². The fourth-order valence-corrected chi connectivity index (χ4v) is 3.26. The number of nitrogens with one attached hydrogen (secondary N) is 1. The molecule has 0 aliphatic rings. The van der Waals surface area contributed by atoms with Gasteiger partial charge in [0.1, 0.15) is 18.2 Å². The number of anilines is 1. The lowest BCUT2D eigenvalue weighted by Gasteiger charge is -2.08. The molecule has 1 amide bonds. The Morgan fingerprint density at radius 2 is 1.96 bits per heavy atom. The second-order valence-corrected chi connectivity index (χ2v) is 7.74. The fraction of sp³-hybridized carbons (Fsp3) is 0.176. The molecule has 1 N–H and O–H groups in total. The number of amides is 1. The summed E-state index contributed by atoms with van der Waals surface area (Å²) in [4.78, 5) is 16.1. The third-order valence-corrected chi connectivity index (χ3v) is 5.29. The maximum Gasteiger partial charge on any atom is 0.236 e. The molecule has 0 atom stereocenters. The maximum absolute atomic E-state index is 12.1. The summed E-state index contributed by atoms with van der Waals surface area (Å²) in [6, 6.07) is 8.25. The van der Waals surface area contributed by atoms with Crippen molar-refractivity contribution in [3.05, 3.63) is 57.4 Å². The van der Waals surface area contributed by atoms with E-state index in [9.17, 15) is 4.79 Å². The Bertz CT molecular complexity index is 981. The first-order valence-corrected chi connectivity index (χ1v) is 10.0. The van der Waals surface area contributed by atoms with Crippen LogP contribution in [0.2, 0.25) is 15.1 Å². The molecule has 28 heavy (non-hydrogen) atoms. The number of halogens is 3. The highest BCUT2D eigenvalue weighted by molar-refractivity contribution is 7.99. The van der Waals surface area contributed by atoms with Gasteiger partial charge in [-0.2, -0.15) is 0 Å². The minimum absolute atomic E-state index is 0.150. The zero-order valence-electron chi connectivity index (χ0n) is 14.5. The molecule has 2 aromatic heterocycles. The zero-order chi connectivity index (χ0) is 20.1. The van der Waals surface area contributed by atoms with Crippen molar-refractivity contribution >= 4 is 58.3 Å². The van der Waals surface area contributed by atoms with E-state index in [1.54, 1.807) is 41.9 Å². The predicted molar refractivity (Wildman–Crippen MR) is 110 cm³/mol. The normalized spacial score (nSPS) is 10.7. The molecule has 1 aromatic carbocycles. The van der Waals surface area contributed by atoms with Gasteiger partial charge in [0, 0.05) is 24.3 Å². The van der Waals surface area contributed by atoms with Crippen molar-refractivity contribution in [1.82, 2.24) is 19.7 Å². The average Bonchev–Trinajstić information content (AvgIpc) is 3.02. The lowest BCUT2D eigenvalue weighted by molar-refractivity contribution is -0.113. The number of carbonyl (C=O) groups excluding carboxylic acids is 1. The van der Waals surface area contributed by atoms with E-state index in [4.69, 9.17) is 39.5 Å². The van der Waals surface area contributed by atoms with Crippen molar-refractivity contribution in [2.75, 3.05) is 11.1 Å². The van der Waals surface area contributed by atoms with E-state index in [1.807, 2.05) is 0 Å². The molecule has 0 bridgehead atoms. The highest BCUT2D eigenvalue weighted by Gasteiger charge is 2.13. The summed E-state index contributed by atoms with van der Waals surface area (Å²) in [5.41, 5.74) is 0. The van der Waals surface area contributed by atoms with E-state index >= 15 is 0 Å². The van der Waals surface area contributed by atoms with Crippen LogP contribution in [0.1, 0.15) is 5.82 Å². The molecule has 0 aliphatic heterocycles. The summed E-state index contributed by atoms with van der Waals surface area (Å²) < 4.78 is 7.41. The van der Waals surface area contributed by atoms with Crippen molar-refractivity contribution in [2.24, 2.45) is 7.05 Å². The summed E-state index contributed by atoms with van der Waals surface area (Å²) in [6.45, 7) is 0.158. The van der Waals surface area contributed by atoms with Crippen LogP contribution in [0.25, 0.3) is 0 Å². The Morgan fingerprint density at radius 1 is 1.18 bits per heavy atom. The number of aromatic nitrogens is 4. The maximum atomic E-state index is 12.1. The first kappa shape index (κ1) is 20.7. The molecular formula is C17H14Cl3N5O2S. The lowest BCUT2D eigenvalue weighted by atomic mass is 10.3. The molecule has 0 unspecified atom stereocenters. The highest BCUT2D eigenvalue weighted by atomic mass is 35.5. The van der Waals surface area contributed by atoms with Gasteiger partial charge in [-0.15, -0.1) is 10.2 Å². The molecule has 3 rings (SSSR count). The smallest absolute Gasteiger partial charge is 0.236 e. The number of rotatable bonds is 7. The molecule has 146 valence electrons. The standard InChI is InChI=1S/C17H14Cl3N5O2S/c1-25-15(8-27-13-6-10(18)2-4-12(13)20)23-24-17(25)28-9-16(26)22-14-5-3-11(19)7-21-14/h2-7H,8-9H2,1H3,(H,21,22,26). The molecule has 0 aliphatic carbocycles. The van der Waals surface area contributed by atoms with Crippen molar-refractivity contribution < 1.29 is 9.53 Å². The van der Waals surface area contributed by atoms with Crippen molar-refractivity contribution in [3.63, 3.8) is 0 Å². The number of nitrogens with zero attached hydrogens (tertiary/aromatic N) is 4. The van der Waals surface area contributed by atoms with E-state index in [-0.39, 0.29) is 18.3 Å². The lowest BCUT2D eigenvalue weighted by Crippen LogP contribution is -2.15. The molecule has 11 heteroatoms. The largest absolute Gasteiger partial charge is 0.484 e. The summed E-state index contributed by atoms with van der Waals surface area (Å²) in [5.74, 6) is 1.41. The van der Waals surface area contributed by atoms with Gasteiger partial charge in [0.2, 0.25) is 5.91 Å². The topological polar surface area (TPSA) is 81.9 Å². The van der Waals surface area contributed by atoms with Gasteiger partial charge < -0.3 is 14.6 Å². The number of pyridine rings is 1. The molecule has 0 spiro atoms. The second kappa shape index (κ2) is 9.47. The summed E-state index contributed by atoms with van der Waals surface area (Å²) in [7, 11) is 1.79. The van der Waals surface area contributed by atoms with Crippen molar-refractivity contribution in [2.45, 2.75) is 11.8 Å². The molecular weight excluding hydrogens is 445 g/mol. The van der Waals surface area contributed by atoms with Crippen LogP contribution in [0.3, 0.4) is 0 Å². The minimum atomic E-state index is -0.216. The SMILES string of the molecule is Cn1c(COc2cc(Cl)ccc2Cl)nnc1SCC(=O)Nc1ccc(Cl)cn1. The number of carbonyl (C=O) groups is 1. The molecule has 2 heterocycles. The van der Waals surface area contributed by atoms with Crippen molar-refractivity contribution in [1.29, 1.82) is 0 Å². The molecule has 0 radical (unpaired) electrons. The molecule has 0 saturated heterocycles. The van der Waals surface area contributed by atoms with Crippen LogP contribution < -0.4 is 10.1 Å². The number of hydrogen-bond acceptors (Lipinski definition) is 6. The van der Waals surface area contributed by atoms with Gasteiger partial charge in [-0.1, -0.05) is 46.6 Å². The zero-order valence-corrected chi connectivity index (χ0v) is 17.6. The van der Waals surface area contributed by atoms with E-state index in [0.29, 0.717) is 37.6 Å². The predicted octanol–water partition coefficient (Wildman–Crippen LogP) is 4.48. The van der Waals surface area contributed by atoms with Gasteiger partial charge in [-0.05, 0) is 24.3 Å². The first-order valence-electron chi connectivity index (χ1n) is 7.92. The Hall–Kier alpha value is -2.00. The van der Waals surface area contributed by atoms with Crippen LogP contribution in [0.4, 0.5) is 5.82 Å². The van der Waals surface area contributed by atoms with Gasteiger partial charge in [-0.3, -0.25) is 4.79 Å². The monoisotopic (exact) mass is 457 g/mol. The Morgan fingerprint density at radius 3 is 2.71 bits per heavy atom. The summed E-state index contributed by atoms with van der Waals surface area (Å²) in [5, 5.41) is 12.9. The minimum Gasteiger partial charge on any atom is -0.484 e. The van der Waals surface area contributed by atoms with Crippen LogP contribution in [-0.2, 0) is 18.4 Å². The number of ether oxygens (including phenoxy) is 1. The Labute approximate surface area is 180 Å². The summed E-state index contributed by atoms with van der Waals surface area (Å²) in [6.07, 6.45) is 1.46. The Balaban J connectivity index is 1.54. The van der Waals surface area contributed by atoms with E-state index in [0.717, 1.165) is 0 Å². The van der Waals surface area contributed by atoms with Crippen LogP contribution >= 0.6 is 46.6 Å². The number of thioether (sulfide) groups is 1. The van der Waals surface area contributed by atoms with E-state index in [2.05, 4.69) is 20.5 Å². The third-order valence-electron chi connectivity index (χ3n) is 3.50. The average molecular weight is 459 g/mol. The van der Waals surface area contributed by atoms with Crippen LogP contribution in [0, 0.1) is 0 Å². The summed E-state index contributed by atoms with van der Waals surface area (Å²) >= 11 is 19.0. The van der Waals surface area contributed by atoms with E-state index in [1.165, 1.54) is 18.0 Å². The molecule has 7 nitrogen and oxygen atoms in total. The van der Waals surface area contributed by atoms with Gasteiger partial charge >= 0.3 is 0 Å². The van der Waals surface area contributed by atoms with Gasteiger partial charge in [0.15, 0.2) is 11.0 Å². The second-order valence-electron chi connectivity index (χ2n) is 5.52. The van der Waals surface area contributed by atoms with Gasteiger partial charge in [-0.25, -0.2) is 4.98 Å².